The molecule has 1 aromatic rings. The van der Waals surface area contributed by atoms with E-state index in [1.54, 1.807) is 0 Å². The first-order chi connectivity index (χ1) is 9.63. The molecule has 2 rings (SSSR count). The Kier molecular flexibility index (Phi) is 5.31. The molecule has 0 atom stereocenters. The number of hydrogen-bond acceptors (Lipinski definition) is 5. The van der Waals surface area contributed by atoms with Crippen molar-refractivity contribution in [2.24, 2.45) is 7.05 Å². The van der Waals surface area contributed by atoms with Gasteiger partial charge in [-0.2, -0.15) is 17.7 Å². The normalized spacial score (nSPS) is 15.4. The number of hydrogen-bond donors (Lipinski definition) is 2. The largest absolute Gasteiger partial charge is 0.378 e. The van der Waals surface area contributed by atoms with Crippen LogP contribution in [0.15, 0.2) is 0 Å². The van der Waals surface area contributed by atoms with Crippen molar-refractivity contribution >= 4 is 24.4 Å². The second kappa shape index (κ2) is 6.99. The van der Waals surface area contributed by atoms with Crippen molar-refractivity contribution in [2.75, 3.05) is 37.0 Å². The smallest absolute Gasteiger partial charge is 0.221 e. The van der Waals surface area contributed by atoms with Gasteiger partial charge in [-0.25, -0.2) is 0 Å². The third kappa shape index (κ3) is 3.46. The lowest BCUT2D eigenvalue weighted by atomic mass is 10.2. The van der Waals surface area contributed by atoms with Crippen molar-refractivity contribution in [3.63, 3.8) is 0 Å². The predicted molar refractivity (Wildman–Crippen MR) is 81.3 cm³/mol. The Morgan fingerprint density at radius 2 is 2.15 bits per heavy atom. The number of aryl methyl sites for hydroxylation is 2. The number of anilines is 1. The van der Waals surface area contributed by atoms with Gasteiger partial charge >= 0.3 is 0 Å². The van der Waals surface area contributed by atoms with E-state index in [1.807, 2.05) is 18.7 Å². The molecule has 0 radical (unpaired) electrons. The zero-order valence-corrected chi connectivity index (χ0v) is 12.9. The summed E-state index contributed by atoms with van der Waals surface area (Å²) in [4.78, 5) is 13.9. The minimum absolute atomic E-state index is 0.0242. The number of morpholine rings is 1. The van der Waals surface area contributed by atoms with Crippen LogP contribution in [-0.4, -0.2) is 47.7 Å². The molecular formula is C13H22N4O2S. The van der Waals surface area contributed by atoms with Gasteiger partial charge in [0, 0.05) is 38.7 Å². The monoisotopic (exact) mass is 298 g/mol. The topological polar surface area (TPSA) is 59.4 Å². The van der Waals surface area contributed by atoms with E-state index in [4.69, 9.17) is 4.74 Å². The Hall–Kier alpha value is -1.21. The highest BCUT2D eigenvalue weighted by Crippen LogP contribution is 2.24. The van der Waals surface area contributed by atoms with Crippen LogP contribution in [0, 0.1) is 6.92 Å². The van der Waals surface area contributed by atoms with Crippen LogP contribution in [0.4, 0.5) is 5.82 Å². The van der Waals surface area contributed by atoms with Crippen LogP contribution >= 0.6 is 12.6 Å². The molecule has 1 aliphatic rings. The standard InChI is InChI=1S/C13H22N4O2S/c1-10-11(9-14-12(18)3-8-20)13(16(2)15-10)17-4-6-19-7-5-17/h20H,3-9H2,1-2H3,(H,14,18). The molecule has 1 aromatic heterocycles. The SMILES string of the molecule is Cc1nn(C)c(N2CCOCC2)c1CNC(=O)CCS. The maximum atomic E-state index is 11.6. The number of aromatic nitrogens is 2. The number of carbonyl (C=O) groups is 1. The highest BCUT2D eigenvalue weighted by atomic mass is 32.1. The molecule has 0 spiro atoms. The third-order valence-corrected chi connectivity index (χ3v) is 3.65. The highest BCUT2D eigenvalue weighted by molar-refractivity contribution is 7.80. The molecule has 0 aliphatic carbocycles. The van der Waals surface area contributed by atoms with Crippen molar-refractivity contribution in [3.05, 3.63) is 11.3 Å². The van der Waals surface area contributed by atoms with Gasteiger partial charge in [0.2, 0.25) is 5.91 Å². The minimum Gasteiger partial charge on any atom is -0.378 e. The zero-order valence-electron chi connectivity index (χ0n) is 12.1. The Morgan fingerprint density at radius 1 is 1.45 bits per heavy atom. The van der Waals surface area contributed by atoms with E-state index < -0.39 is 0 Å². The number of nitrogens with zero attached hydrogens (tertiary/aromatic N) is 3. The molecule has 6 nitrogen and oxygen atoms in total. The molecule has 7 heteroatoms. The van der Waals surface area contributed by atoms with Crippen LogP contribution in [0.3, 0.4) is 0 Å². The summed E-state index contributed by atoms with van der Waals surface area (Å²) in [6, 6.07) is 0. The highest BCUT2D eigenvalue weighted by Gasteiger charge is 2.21. The summed E-state index contributed by atoms with van der Waals surface area (Å²) in [6.45, 7) is 5.67. The number of thiol groups is 1. The number of nitrogens with one attached hydrogen (secondary N) is 1. The number of carbonyl (C=O) groups excluding carboxylic acids is 1. The fourth-order valence-electron chi connectivity index (χ4n) is 2.44. The first-order valence-corrected chi connectivity index (χ1v) is 7.49. The Bertz CT molecular complexity index is 469. The molecule has 20 heavy (non-hydrogen) atoms. The number of ether oxygens (including phenoxy) is 1. The second-order valence-corrected chi connectivity index (χ2v) is 5.31. The fraction of sp³-hybridized carbons (Fsp3) is 0.692. The van der Waals surface area contributed by atoms with Crippen LogP contribution in [-0.2, 0) is 23.1 Å². The average Bonchev–Trinajstić information content (AvgIpc) is 2.72. The summed E-state index contributed by atoms with van der Waals surface area (Å²) in [5, 5.41) is 7.41. The van der Waals surface area contributed by atoms with Crippen LogP contribution in [0.2, 0.25) is 0 Å². The van der Waals surface area contributed by atoms with Gasteiger partial charge in [0.05, 0.1) is 18.9 Å². The van der Waals surface area contributed by atoms with Crippen molar-refractivity contribution < 1.29 is 9.53 Å². The number of amides is 1. The molecule has 1 N–H and O–H groups in total. The number of rotatable bonds is 5. The first kappa shape index (κ1) is 15.2. The molecule has 1 fully saturated rings. The predicted octanol–water partition coefficient (Wildman–Crippen LogP) is 0.501. The van der Waals surface area contributed by atoms with Gasteiger partial charge in [0.15, 0.2) is 0 Å². The van der Waals surface area contributed by atoms with E-state index in [-0.39, 0.29) is 5.91 Å². The quantitative estimate of drug-likeness (QED) is 0.777. The van der Waals surface area contributed by atoms with E-state index in [2.05, 4.69) is 27.9 Å². The second-order valence-electron chi connectivity index (χ2n) is 4.86. The van der Waals surface area contributed by atoms with Gasteiger partial charge in [-0.15, -0.1) is 0 Å². The van der Waals surface area contributed by atoms with E-state index in [1.165, 1.54) is 0 Å². The van der Waals surface area contributed by atoms with Gasteiger partial charge in [-0.3, -0.25) is 9.48 Å². The van der Waals surface area contributed by atoms with Crippen LogP contribution < -0.4 is 10.2 Å². The van der Waals surface area contributed by atoms with Gasteiger partial charge in [-0.05, 0) is 12.7 Å². The molecule has 0 bridgehead atoms. The summed E-state index contributed by atoms with van der Waals surface area (Å²) in [5.41, 5.74) is 2.04. The average molecular weight is 298 g/mol. The Morgan fingerprint density at radius 3 is 2.80 bits per heavy atom. The first-order valence-electron chi connectivity index (χ1n) is 6.86. The van der Waals surface area contributed by atoms with Crippen molar-refractivity contribution in [1.29, 1.82) is 0 Å². The fourth-order valence-corrected chi connectivity index (χ4v) is 2.65. The van der Waals surface area contributed by atoms with E-state index in [9.17, 15) is 4.79 Å². The lowest BCUT2D eigenvalue weighted by molar-refractivity contribution is -0.120. The molecule has 0 unspecified atom stereocenters. The van der Waals surface area contributed by atoms with Gasteiger partial charge in [0.1, 0.15) is 5.82 Å². The Labute approximate surface area is 124 Å². The summed E-state index contributed by atoms with van der Waals surface area (Å²) >= 11 is 4.07. The lowest BCUT2D eigenvalue weighted by Gasteiger charge is -2.29. The van der Waals surface area contributed by atoms with Crippen molar-refractivity contribution in [2.45, 2.75) is 19.9 Å². The maximum Gasteiger partial charge on any atom is 0.221 e. The van der Waals surface area contributed by atoms with Crippen LogP contribution in [0.25, 0.3) is 0 Å². The van der Waals surface area contributed by atoms with Gasteiger partial charge in [-0.1, -0.05) is 0 Å². The van der Waals surface area contributed by atoms with E-state index in [0.29, 0.717) is 18.7 Å². The van der Waals surface area contributed by atoms with Crippen LogP contribution in [0.5, 0.6) is 0 Å². The molecule has 2 heterocycles. The lowest BCUT2D eigenvalue weighted by Crippen LogP contribution is -2.38. The molecule has 1 amide bonds. The maximum absolute atomic E-state index is 11.6. The molecule has 0 aromatic carbocycles. The van der Waals surface area contributed by atoms with E-state index in [0.717, 1.165) is 43.4 Å². The Balaban J connectivity index is 2.12. The summed E-state index contributed by atoms with van der Waals surface area (Å²) in [6.07, 6.45) is 0.440. The molecule has 0 saturated carbocycles. The molecule has 1 saturated heterocycles. The van der Waals surface area contributed by atoms with Gasteiger partial charge < -0.3 is 15.0 Å². The van der Waals surface area contributed by atoms with E-state index >= 15 is 0 Å². The molecule has 1 aliphatic heterocycles. The van der Waals surface area contributed by atoms with Crippen molar-refractivity contribution in [1.82, 2.24) is 15.1 Å². The molecule has 112 valence electrons. The minimum atomic E-state index is 0.0242. The van der Waals surface area contributed by atoms with Crippen LogP contribution in [0.1, 0.15) is 17.7 Å². The third-order valence-electron chi connectivity index (χ3n) is 3.42. The summed E-state index contributed by atoms with van der Waals surface area (Å²) in [5.74, 6) is 1.67. The van der Waals surface area contributed by atoms with Gasteiger partial charge in [0.25, 0.3) is 0 Å². The van der Waals surface area contributed by atoms with Crippen molar-refractivity contribution in [3.8, 4) is 0 Å². The molecular weight excluding hydrogens is 276 g/mol. The summed E-state index contributed by atoms with van der Waals surface area (Å²) < 4.78 is 7.28. The zero-order chi connectivity index (χ0) is 14.5. The summed E-state index contributed by atoms with van der Waals surface area (Å²) in [7, 11) is 1.94.